The highest BCUT2D eigenvalue weighted by molar-refractivity contribution is 6.06. The molecule has 0 unspecified atom stereocenters. The lowest BCUT2D eigenvalue weighted by Gasteiger charge is -2.00. The van der Waals surface area contributed by atoms with E-state index in [9.17, 15) is 4.79 Å². The number of carbonyl (C=O) groups is 1. The van der Waals surface area contributed by atoms with Gasteiger partial charge in [-0.25, -0.2) is 0 Å². The second-order valence-electron chi connectivity index (χ2n) is 5.07. The standard InChI is InChI=1S/C17H16N2O/c1-12-7-9-13(10-8-12)11-16(20)17-14-5-3-4-6-15(14)19(2)18-17/h3-10H,11H2,1-2H3. The van der Waals surface area contributed by atoms with Crippen molar-refractivity contribution in [2.45, 2.75) is 13.3 Å². The molecule has 0 spiro atoms. The van der Waals surface area contributed by atoms with E-state index in [2.05, 4.69) is 5.10 Å². The fourth-order valence-electron chi connectivity index (χ4n) is 2.39. The monoisotopic (exact) mass is 264 g/mol. The molecular formula is C17H16N2O. The highest BCUT2D eigenvalue weighted by Gasteiger charge is 2.15. The molecule has 0 N–H and O–H groups in total. The highest BCUT2D eigenvalue weighted by Crippen LogP contribution is 2.19. The summed E-state index contributed by atoms with van der Waals surface area (Å²) >= 11 is 0. The summed E-state index contributed by atoms with van der Waals surface area (Å²) < 4.78 is 1.76. The lowest BCUT2D eigenvalue weighted by molar-refractivity contribution is 0.0989. The Kier molecular flexibility index (Phi) is 3.11. The molecule has 0 saturated heterocycles. The van der Waals surface area contributed by atoms with E-state index in [0.717, 1.165) is 16.5 Å². The second kappa shape index (κ2) is 4.93. The van der Waals surface area contributed by atoms with Crippen LogP contribution in [0.3, 0.4) is 0 Å². The van der Waals surface area contributed by atoms with Crippen molar-refractivity contribution in [3.63, 3.8) is 0 Å². The van der Waals surface area contributed by atoms with Crippen molar-refractivity contribution in [1.29, 1.82) is 0 Å². The van der Waals surface area contributed by atoms with Gasteiger partial charge >= 0.3 is 0 Å². The molecule has 0 aliphatic rings. The van der Waals surface area contributed by atoms with E-state index < -0.39 is 0 Å². The van der Waals surface area contributed by atoms with Crippen molar-refractivity contribution in [3.8, 4) is 0 Å². The zero-order valence-corrected chi connectivity index (χ0v) is 11.6. The van der Waals surface area contributed by atoms with Gasteiger partial charge in [0.2, 0.25) is 0 Å². The lowest BCUT2D eigenvalue weighted by Crippen LogP contribution is -2.05. The minimum atomic E-state index is 0.0608. The molecule has 0 atom stereocenters. The summed E-state index contributed by atoms with van der Waals surface area (Å²) in [5.41, 5.74) is 3.77. The summed E-state index contributed by atoms with van der Waals surface area (Å²) in [6, 6.07) is 15.9. The molecule has 0 fully saturated rings. The summed E-state index contributed by atoms with van der Waals surface area (Å²) in [6.45, 7) is 2.04. The number of carbonyl (C=O) groups excluding carboxylic acids is 1. The number of hydrogen-bond acceptors (Lipinski definition) is 2. The average molecular weight is 264 g/mol. The zero-order valence-electron chi connectivity index (χ0n) is 11.6. The maximum Gasteiger partial charge on any atom is 0.188 e. The minimum absolute atomic E-state index is 0.0608. The van der Waals surface area contributed by atoms with Gasteiger partial charge in [-0.1, -0.05) is 48.0 Å². The van der Waals surface area contributed by atoms with Crippen molar-refractivity contribution < 1.29 is 4.79 Å². The Morgan fingerprint density at radius 2 is 1.80 bits per heavy atom. The molecule has 0 aliphatic carbocycles. The third-order valence-electron chi connectivity index (χ3n) is 3.51. The van der Waals surface area contributed by atoms with Crippen LogP contribution in [0.5, 0.6) is 0 Å². The molecule has 3 aromatic rings. The van der Waals surface area contributed by atoms with Crippen LogP contribution >= 0.6 is 0 Å². The van der Waals surface area contributed by atoms with Crippen LogP contribution < -0.4 is 0 Å². The third-order valence-corrected chi connectivity index (χ3v) is 3.51. The number of Topliss-reactive ketones (excluding diaryl/α,β-unsaturated/α-hetero) is 1. The number of para-hydroxylation sites is 1. The van der Waals surface area contributed by atoms with Gasteiger partial charge < -0.3 is 0 Å². The van der Waals surface area contributed by atoms with Gasteiger partial charge in [0.25, 0.3) is 0 Å². The summed E-state index contributed by atoms with van der Waals surface area (Å²) in [6.07, 6.45) is 0.390. The summed E-state index contributed by atoms with van der Waals surface area (Å²) in [4.78, 5) is 12.5. The van der Waals surface area contributed by atoms with Gasteiger partial charge in [-0.3, -0.25) is 9.48 Å². The van der Waals surface area contributed by atoms with Gasteiger partial charge in [-0.05, 0) is 18.6 Å². The first-order valence-corrected chi connectivity index (χ1v) is 6.65. The van der Waals surface area contributed by atoms with Crippen molar-refractivity contribution in [1.82, 2.24) is 9.78 Å². The van der Waals surface area contributed by atoms with E-state index in [4.69, 9.17) is 0 Å². The van der Waals surface area contributed by atoms with Crippen LogP contribution in [-0.4, -0.2) is 15.6 Å². The molecule has 0 saturated carbocycles. The summed E-state index contributed by atoms with van der Waals surface area (Å²) in [5, 5.41) is 5.29. The normalized spacial score (nSPS) is 10.9. The van der Waals surface area contributed by atoms with E-state index in [1.165, 1.54) is 5.56 Å². The molecule has 1 aromatic heterocycles. The first kappa shape index (κ1) is 12.6. The van der Waals surface area contributed by atoms with Crippen molar-refractivity contribution in [2.24, 2.45) is 7.05 Å². The smallest absolute Gasteiger partial charge is 0.188 e. The number of hydrogen-bond donors (Lipinski definition) is 0. The van der Waals surface area contributed by atoms with Crippen LogP contribution in [0.25, 0.3) is 10.9 Å². The fourth-order valence-corrected chi connectivity index (χ4v) is 2.39. The highest BCUT2D eigenvalue weighted by atomic mass is 16.1. The van der Waals surface area contributed by atoms with Crippen LogP contribution in [0.1, 0.15) is 21.6 Å². The van der Waals surface area contributed by atoms with Crippen molar-refractivity contribution >= 4 is 16.7 Å². The van der Waals surface area contributed by atoms with Crippen LogP contribution in [0, 0.1) is 6.92 Å². The van der Waals surface area contributed by atoms with Gasteiger partial charge in [0.1, 0.15) is 5.69 Å². The quantitative estimate of drug-likeness (QED) is 0.680. The number of nitrogens with zero attached hydrogens (tertiary/aromatic N) is 2. The van der Waals surface area contributed by atoms with Crippen LogP contribution in [0.4, 0.5) is 0 Å². The number of aromatic nitrogens is 2. The Morgan fingerprint density at radius 3 is 2.55 bits per heavy atom. The van der Waals surface area contributed by atoms with E-state index in [1.807, 2.05) is 62.5 Å². The number of aryl methyl sites for hydroxylation is 2. The van der Waals surface area contributed by atoms with E-state index >= 15 is 0 Å². The molecule has 3 nitrogen and oxygen atoms in total. The van der Waals surface area contributed by atoms with Gasteiger partial charge in [-0.15, -0.1) is 0 Å². The third kappa shape index (κ3) is 2.23. The molecule has 2 aromatic carbocycles. The van der Waals surface area contributed by atoms with E-state index in [0.29, 0.717) is 12.1 Å². The molecule has 3 rings (SSSR count). The molecule has 0 amide bonds. The maximum absolute atomic E-state index is 12.5. The van der Waals surface area contributed by atoms with E-state index in [1.54, 1.807) is 4.68 Å². The largest absolute Gasteiger partial charge is 0.292 e. The van der Waals surface area contributed by atoms with E-state index in [-0.39, 0.29) is 5.78 Å². The van der Waals surface area contributed by atoms with Gasteiger partial charge in [0, 0.05) is 18.9 Å². The molecule has 100 valence electrons. The van der Waals surface area contributed by atoms with Crippen LogP contribution in [0.2, 0.25) is 0 Å². The SMILES string of the molecule is Cc1ccc(CC(=O)c2nn(C)c3ccccc23)cc1. The predicted octanol–water partition coefficient (Wildman–Crippen LogP) is 3.31. The lowest BCUT2D eigenvalue weighted by atomic mass is 10.0. The Balaban J connectivity index is 1.95. The van der Waals surface area contributed by atoms with Crippen LogP contribution in [-0.2, 0) is 13.5 Å². The Bertz CT molecular complexity index is 769. The zero-order chi connectivity index (χ0) is 14.1. The van der Waals surface area contributed by atoms with Crippen LogP contribution in [0.15, 0.2) is 48.5 Å². The predicted molar refractivity (Wildman–Crippen MR) is 79.9 cm³/mol. The average Bonchev–Trinajstić information content (AvgIpc) is 2.79. The first-order valence-electron chi connectivity index (χ1n) is 6.65. The maximum atomic E-state index is 12.5. The van der Waals surface area contributed by atoms with Gasteiger partial charge in [0.05, 0.1) is 5.52 Å². The number of ketones is 1. The molecule has 0 aliphatic heterocycles. The molecule has 20 heavy (non-hydrogen) atoms. The first-order chi connectivity index (χ1) is 9.65. The summed E-state index contributed by atoms with van der Waals surface area (Å²) in [7, 11) is 1.87. The fraction of sp³-hybridized carbons (Fsp3) is 0.176. The Labute approximate surface area is 117 Å². The number of benzene rings is 2. The number of rotatable bonds is 3. The molecule has 0 bridgehead atoms. The molecule has 3 heteroatoms. The summed E-state index contributed by atoms with van der Waals surface area (Å²) in [5.74, 6) is 0.0608. The van der Waals surface area contributed by atoms with Crippen molar-refractivity contribution in [2.75, 3.05) is 0 Å². The Hall–Kier alpha value is -2.42. The van der Waals surface area contributed by atoms with Gasteiger partial charge in [-0.2, -0.15) is 5.10 Å². The minimum Gasteiger partial charge on any atom is -0.292 e. The molecule has 0 radical (unpaired) electrons. The Morgan fingerprint density at radius 1 is 1.10 bits per heavy atom. The number of fused-ring (bicyclic) bond motifs is 1. The topological polar surface area (TPSA) is 34.9 Å². The molecular weight excluding hydrogens is 248 g/mol. The second-order valence-corrected chi connectivity index (χ2v) is 5.07. The molecule has 1 heterocycles. The van der Waals surface area contributed by atoms with Crippen molar-refractivity contribution in [3.05, 3.63) is 65.4 Å². The van der Waals surface area contributed by atoms with Gasteiger partial charge in [0.15, 0.2) is 5.78 Å².